The zero-order chi connectivity index (χ0) is 15.3. The van der Waals surface area contributed by atoms with E-state index < -0.39 is 24.3 Å². The van der Waals surface area contributed by atoms with E-state index in [2.05, 4.69) is 10.1 Å². The largest absolute Gasteiger partial charge is 0.432 e. The minimum Gasteiger partial charge on any atom is -0.432 e. The minimum absolute atomic E-state index is 0.243. The summed E-state index contributed by atoms with van der Waals surface area (Å²) in [4.78, 5) is 0. The average Bonchev–Trinajstić information content (AvgIpc) is 2.30. The quantitative estimate of drug-likeness (QED) is 0.847. The number of ether oxygens (including phenoxy) is 1. The van der Waals surface area contributed by atoms with Crippen molar-refractivity contribution in [2.75, 3.05) is 6.54 Å². The van der Waals surface area contributed by atoms with Crippen molar-refractivity contribution in [2.24, 2.45) is 5.41 Å². The molecule has 1 aromatic rings. The number of rotatable bonds is 6. The van der Waals surface area contributed by atoms with E-state index in [1.54, 1.807) is 0 Å². The molecule has 6 heteroatoms. The molecule has 1 rings (SSSR count). The molecule has 0 aliphatic carbocycles. The summed E-state index contributed by atoms with van der Waals surface area (Å²) in [7, 11) is 0. The normalized spacial score (nSPS) is 13.6. The van der Waals surface area contributed by atoms with Gasteiger partial charge in [-0.1, -0.05) is 26.8 Å². The Kier molecular flexibility index (Phi) is 5.83. The fourth-order valence-electron chi connectivity index (χ4n) is 1.51. The van der Waals surface area contributed by atoms with E-state index in [4.69, 9.17) is 0 Å². The third kappa shape index (κ3) is 5.38. The standard InChI is InChI=1S/C14H20F3NO2/c1-14(2,3)12(19)8-18-7-9-4-5-11(10(15)6-9)20-13(16)17/h4-6,12-13,18-19H,7-8H2,1-3H3. The molecule has 0 aliphatic heterocycles. The Labute approximate surface area is 116 Å². The molecule has 0 fully saturated rings. The first-order valence-corrected chi connectivity index (χ1v) is 6.32. The summed E-state index contributed by atoms with van der Waals surface area (Å²) in [5.74, 6) is -1.31. The second-order valence-corrected chi connectivity index (χ2v) is 5.66. The highest BCUT2D eigenvalue weighted by atomic mass is 19.3. The van der Waals surface area contributed by atoms with E-state index in [1.807, 2.05) is 20.8 Å². The van der Waals surface area contributed by atoms with E-state index in [0.29, 0.717) is 18.7 Å². The van der Waals surface area contributed by atoms with Crippen molar-refractivity contribution >= 4 is 0 Å². The van der Waals surface area contributed by atoms with Gasteiger partial charge in [-0.25, -0.2) is 4.39 Å². The van der Waals surface area contributed by atoms with Gasteiger partial charge in [0.1, 0.15) is 0 Å². The zero-order valence-corrected chi connectivity index (χ0v) is 11.8. The van der Waals surface area contributed by atoms with Crippen molar-refractivity contribution in [3.8, 4) is 5.75 Å². The van der Waals surface area contributed by atoms with Crippen molar-refractivity contribution < 1.29 is 23.0 Å². The first-order valence-electron chi connectivity index (χ1n) is 6.32. The Morgan fingerprint density at radius 2 is 1.95 bits per heavy atom. The summed E-state index contributed by atoms with van der Waals surface area (Å²) in [5.41, 5.74) is 0.345. The van der Waals surface area contributed by atoms with Crippen molar-refractivity contribution in [3.63, 3.8) is 0 Å². The van der Waals surface area contributed by atoms with Gasteiger partial charge in [-0.3, -0.25) is 0 Å². The minimum atomic E-state index is -3.05. The summed E-state index contributed by atoms with van der Waals surface area (Å²) >= 11 is 0. The Balaban J connectivity index is 2.51. The molecule has 3 nitrogen and oxygen atoms in total. The predicted octanol–water partition coefficient (Wildman–Crippen LogP) is 2.92. The number of hydrogen-bond donors (Lipinski definition) is 2. The van der Waals surface area contributed by atoms with Crippen LogP contribution in [-0.2, 0) is 6.54 Å². The molecule has 0 heterocycles. The molecule has 0 saturated heterocycles. The molecule has 0 aliphatic rings. The Bertz CT molecular complexity index is 433. The maximum atomic E-state index is 13.5. The molecule has 0 amide bonds. The molecule has 1 unspecified atom stereocenters. The van der Waals surface area contributed by atoms with Crippen LogP contribution in [0.2, 0.25) is 0 Å². The Morgan fingerprint density at radius 3 is 2.45 bits per heavy atom. The number of aliphatic hydroxyl groups is 1. The van der Waals surface area contributed by atoms with Crippen LogP contribution in [0.5, 0.6) is 5.75 Å². The van der Waals surface area contributed by atoms with Gasteiger partial charge < -0.3 is 15.2 Å². The van der Waals surface area contributed by atoms with Crippen molar-refractivity contribution in [1.29, 1.82) is 0 Å². The number of alkyl halides is 2. The van der Waals surface area contributed by atoms with Crippen LogP contribution in [0, 0.1) is 11.2 Å². The second-order valence-electron chi connectivity index (χ2n) is 5.66. The number of nitrogens with one attached hydrogen (secondary N) is 1. The highest BCUT2D eigenvalue weighted by Gasteiger charge is 2.21. The fraction of sp³-hybridized carbons (Fsp3) is 0.571. The summed E-state index contributed by atoms with van der Waals surface area (Å²) in [6, 6.07) is 3.80. The van der Waals surface area contributed by atoms with Crippen LogP contribution in [0.25, 0.3) is 0 Å². The highest BCUT2D eigenvalue weighted by molar-refractivity contribution is 5.29. The number of aliphatic hydroxyl groups excluding tert-OH is 1. The van der Waals surface area contributed by atoms with Gasteiger partial charge in [0.05, 0.1) is 6.10 Å². The second kappa shape index (κ2) is 6.95. The van der Waals surface area contributed by atoms with Crippen molar-refractivity contribution in [3.05, 3.63) is 29.6 Å². The first-order chi connectivity index (χ1) is 9.20. The SMILES string of the molecule is CC(C)(C)C(O)CNCc1ccc(OC(F)F)c(F)c1. The molecule has 0 radical (unpaired) electrons. The number of halogens is 3. The maximum Gasteiger partial charge on any atom is 0.387 e. The van der Waals surface area contributed by atoms with Gasteiger partial charge >= 0.3 is 6.61 Å². The molecule has 0 bridgehead atoms. The van der Waals surface area contributed by atoms with Gasteiger partial charge in [0.15, 0.2) is 11.6 Å². The van der Waals surface area contributed by atoms with E-state index in [1.165, 1.54) is 12.1 Å². The monoisotopic (exact) mass is 291 g/mol. The average molecular weight is 291 g/mol. The molecule has 2 N–H and O–H groups in total. The summed E-state index contributed by atoms with van der Waals surface area (Å²) in [6.45, 7) is 3.38. The van der Waals surface area contributed by atoms with Gasteiger partial charge in [-0.05, 0) is 23.1 Å². The summed E-state index contributed by atoms with van der Waals surface area (Å²) in [6.07, 6.45) is -0.534. The van der Waals surface area contributed by atoms with Gasteiger partial charge in [-0.2, -0.15) is 8.78 Å². The van der Waals surface area contributed by atoms with Crippen LogP contribution in [0.3, 0.4) is 0 Å². The van der Waals surface area contributed by atoms with Crippen LogP contribution in [0.1, 0.15) is 26.3 Å². The van der Waals surface area contributed by atoms with E-state index in [9.17, 15) is 18.3 Å². The van der Waals surface area contributed by atoms with E-state index >= 15 is 0 Å². The molecular formula is C14H20F3NO2. The van der Waals surface area contributed by atoms with Crippen LogP contribution in [-0.4, -0.2) is 24.4 Å². The van der Waals surface area contributed by atoms with Crippen LogP contribution >= 0.6 is 0 Å². The lowest BCUT2D eigenvalue weighted by Crippen LogP contribution is -2.36. The third-order valence-electron chi connectivity index (χ3n) is 2.88. The molecule has 114 valence electrons. The fourth-order valence-corrected chi connectivity index (χ4v) is 1.51. The smallest absolute Gasteiger partial charge is 0.387 e. The maximum absolute atomic E-state index is 13.5. The summed E-state index contributed by atoms with van der Waals surface area (Å²) < 4.78 is 41.4. The Morgan fingerprint density at radius 1 is 1.30 bits per heavy atom. The lowest BCUT2D eigenvalue weighted by atomic mass is 9.89. The van der Waals surface area contributed by atoms with Gasteiger partial charge in [-0.15, -0.1) is 0 Å². The van der Waals surface area contributed by atoms with Gasteiger partial charge in [0, 0.05) is 13.1 Å². The lowest BCUT2D eigenvalue weighted by molar-refractivity contribution is -0.0522. The molecule has 1 atom stereocenters. The molecule has 1 aromatic carbocycles. The molecule has 0 spiro atoms. The number of hydrogen-bond acceptors (Lipinski definition) is 3. The molecular weight excluding hydrogens is 271 g/mol. The van der Waals surface area contributed by atoms with Crippen LogP contribution in [0.4, 0.5) is 13.2 Å². The topological polar surface area (TPSA) is 41.5 Å². The Hall–Kier alpha value is -1.27. The predicted molar refractivity (Wildman–Crippen MR) is 70.2 cm³/mol. The molecule has 20 heavy (non-hydrogen) atoms. The third-order valence-corrected chi connectivity index (χ3v) is 2.88. The van der Waals surface area contributed by atoms with Crippen LogP contribution < -0.4 is 10.1 Å². The molecule has 0 aromatic heterocycles. The highest BCUT2D eigenvalue weighted by Crippen LogP contribution is 2.21. The van der Waals surface area contributed by atoms with Gasteiger partial charge in [0.2, 0.25) is 0 Å². The van der Waals surface area contributed by atoms with E-state index in [0.717, 1.165) is 6.07 Å². The van der Waals surface area contributed by atoms with Crippen LogP contribution in [0.15, 0.2) is 18.2 Å². The first kappa shape index (κ1) is 16.8. The van der Waals surface area contributed by atoms with Crippen molar-refractivity contribution in [2.45, 2.75) is 40.0 Å². The zero-order valence-electron chi connectivity index (χ0n) is 11.8. The summed E-state index contributed by atoms with van der Waals surface area (Å²) in [5, 5.41) is 12.8. The number of benzene rings is 1. The van der Waals surface area contributed by atoms with E-state index in [-0.39, 0.29) is 5.41 Å². The van der Waals surface area contributed by atoms with Gasteiger partial charge in [0.25, 0.3) is 0 Å². The lowest BCUT2D eigenvalue weighted by Gasteiger charge is -2.26. The molecule has 0 saturated carbocycles. The van der Waals surface area contributed by atoms with Crippen molar-refractivity contribution in [1.82, 2.24) is 5.32 Å².